The van der Waals surface area contributed by atoms with Crippen LogP contribution in [0, 0.1) is 0 Å². The number of halogens is 1. The summed E-state index contributed by atoms with van der Waals surface area (Å²) in [5, 5.41) is 0. The number of hydrogen-bond acceptors (Lipinski definition) is 1. The Morgan fingerprint density at radius 1 is 1.60 bits per heavy atom. The SMILES string of the molecule is O=[As](O)(O)Cl. The zero-order valence-electron chi connectivity index (χ0n) is 2.13. The topological polar surface area (TPSA) is 57.5 Å². The fraction of sp³-hybridized carbons (Fsp3) is 0. The molecule has 0 heterocycles. The second-order valence-corrected chi connectivity index (χ2v) is 4.75. The van der Waals surface area contributed by atoms with Crippen LogP contribution in [0.2, 0.25) is 0 Å². The van der Waals surface area contributed by atoms with E-state index in [0.29, 0.717) is 0 Å². The minimum absolute atomic E-state index is 4.26. The average molecular weight is 160 g/mol. The van der Waals surface area contributed by atoms with Gasteiger partial charge in [-0.2, -0.15) is 0 Å². The molecule has 5 heteroatoms. The summed E-state index contributed by atoms with van der Waals surface area (Å²) in [5.41, 5.74) is 0. The quantitative estimate of drug-likeness (QED) is 0.451. The molecule has 0 fully saturated rings. The van der Waals surface area contributed by atoms with Gasteiger partial charge in [-0.1, -0.05) is 0 Å². The van der Waals surface area contributed by atoms with Crippen molar-refractivity contribution in [2.75, 3.05) is 0 Å². The van der Waals surface area contributed by atoms with Crippen molar-refractivity contribution in [3.63, 3.8) is 0 Å². The van der Waals surface area contributed by atoms with E-state index in [1.165, 1.54) is 0 Å². The molecule has 0 aromatic heterocycles. The van der Waals surface area contributed by atoms with Crippen molar-refractivity contribution in [2.24, 2.45) is 0 Å². The molecule has 5 heavy (non-hydrogen) atoms. The first-order valence-corrected chi connectivity index (χ1v) is 5.66. The van der Waals surface area contributed by atoms with E-state index in [4.69, 9.17) is 11.9 Å². The fourth-order valence-electron chi connectivity index (χ4n) is 0. The summed E-state index contributed by atoms with van der Waals surface area (Å²) in [7, 11) is 4.26. The molecule has 2 N–H and O–H groups in total. The third-order valence-corrected chi connectivity index (χ3v) is 0. The molecular formula is H2AsClO3. The summed E-state index contributed by atoms with van der Waals surface area (Å²) in [6.07, 6.45) is 0. The van der Waals surface area contributed by atoms with Crippen LogP contribution in [0.4, 0.5) is 0 Å². The van der Waals surface area contributed by atoms with Crippen LogP contribution in [0.15, 0.2) is 0 Å². The summed E-state index contributed by atoms with van der Waals surface area (Å²) in [5.74, 6) is 0. The van der Waals surface area contributed by atoms with Gasteiger partial charge < -0.3 is 0 Å². The molecule has 0 saturated heterocycles. The van der Waals surface area contributed by atoms with Gasteiger partial charge in [0, 0.05) is 0 Å². The van der Waals surface area contributed by atoms with Gasteiger partial charge in [0.2, 0.25) is 0 Å². The first kappa shape index (κ1) is 5.57. The van der Waals surface area contributed by atoms with Crippen molar-refractivity contribution >= 4 is 23.2 Å². The molecule has 3 nitrogen and oxygen atoms in total. The molecule has 0 bridgehead atoms. The van der Waals surface area contributed by atoms with Crippen LogP contribution in [-0.4, -0.2) is 21.4 Å². The Morgan fingerprint density at radius 3 is 1.60 bits per heavy atom. The Balaban J connectivity index is 3.47. The summed E-state index contributed by atoms with van der Waals surface area (Å²) in [4.78, 5) is 0. The number of hydrogen-bond donors (Lipinski definition) is 2. The first-order chi connectivity index (χ1) is 2.00. The molecule has 0 amide bonds. The van der Waals surface area contributed by atoms with Crippen molar-refractivity contribution in [3.8, 4) is 0 Å². The maximum atomic E-state index is 9.15. The minimum atomic E-state index is -4.65. The van der Waals surface area contributed by atoms with Gasteiger partial charge in [0.25, 0.3) is 0 Å². The van der Waals surface area contributed by atoms with E-state index in [2.05, 4.69) is 9.95 Å². The molecule has 0 unspecified atom stereocenters. The zero-order valence-corrected chi connectivity index (χ0v) is 4.76. The standard InChI is InChI=1S/AsClH2O3/c2-1(3,4)5/h(H2,3,4,5). The van der Waals surface area contributed by atoms with Crippen LogP contribution >= 0.6 is 9.95 Å². The van der Waals surface area contributed by atoms with Gasteiger partial charge >= 0.3 is 35.1 Å². The Bertz CT molecular complexity index is 53.0. The van der Waals surface area contributed by atoms with E-state index in [9.17, 15) is 0 Å². The Labute approximate surface area is 35.7 Å². The Kier molecular flexibility index (Phi) is 1.50. The first-order valence-electron chi connectivity index (χ1n) is 0.752. The molecule has 0 rings (SSSR count). The van der Waals surface area contributed by atoms with Crippen molar-refractivity contribution in [2.45, 2.75) is 0 Å². The van der Waals surface area contributed by atoms with Crippen LogP contribution in [0.25, 0.3) is 0 Å². The molecule has 0 atom stereocenters. The van der Waals surface area contributed by atoms with Crippen LogP contribution in [0.3, 0.4) is 0 Å². The van der Waals surface area contributed by atoms with Gasteiger partial charge in [0.1, 0.15) is 0 Å². The Morgan fingerprint density at radius 2 is 1.60 bits per heavy atom. The molecular weight excluding hydrogens is 158 g/mol. The third-order valence-electron chi connectivity index (χ3n) is 0. The monoisotopic (exact) mass is 160 g/mol. The van der Waals surface area contributed by atoms with Crippen molar-refractivity contribution in [3.05, 3.63) is 0 Å². The molecule has 0 aliphatic heterocycles. The van der Waals surface area contributed by atoms with Gasteiger partial charge in [0.05, 0.1) is 0 Å². The molecule has 0 aliphatic rings. The van der Waals surface area contributed by atoms with Gasteiger partial charge in [-0.15, -0.1) is 0 Å². The second kappa shape index (κ2) is 1.35. The summed E-state index contributed by atoms with van der Waals surface area (Å²) in [6, 6.07) is 0. The summed E-state index contributed by atoms with van der Waals surface area (Å²) >= 11 is -4.65. The molecule has 32 valence electrons. The second-order valence-electron chi connectivity index (χ2n) is 0.473. The molecule has 0 aromatic rings. The van der Waals surface area contributed by atoms with Crippen LogP contribution in [0.5, 0.6) is 0 Å². The van der Waals surface area contributed by atoms with E-state index in [1.807, 2.05) is 0 Å². The molecule has 0 radical (unpaired) electrons. The molecule has 0 spiro atoms. The van der Waals surface area contributed by atoms with Crippen LogP contribution < -0.4 is 0 Å². The van der Waals surface area contributed by atoms with Crippen molar-refractivity contribution in [1.82, 2.24) is 0 Å². The maximum absolute atomic E-state index is 9.15. The van der Waals surface area contributed by atoms with Gasteiger partial charge in [-0.25, -0.2) is 0 Å². The van der Waals surface area contributed by atoms with E-state index >= 15 is 0 Å². The third kappa shape index (κ3) is 93.3. The predicted octanol–water partition coefficient (Wildman–Crippen LogP) is -0.924. The summed E-state index contributed by atoms with van der Waals surface area (Å²) < 4.78 is 24.1. The average Bonchev–Trinajstić information content (AvgIpc) is 0.722. The van der Waals surface area contributed by atoms with Gasteiger partial charge in [-0.3, -0.25) is 0 Å². The Hall–Kier alpha value is 0.568. The van der Waals surface area contributed by atoms with E-state index in [-0.39, 0.29) is 0 Å². The fourth-order valence-corrected chi connectivity index (χ4v) is 0. The van der Waals surface area contributed by atoms with E-state index in [0.717, 1.165) is 0 Å². The molecule has 0 saturated carbocycles. The zero-order chi connectivity index (χ0) is 4.50. The van der Waals surface area contributed by atoms with Crippen LogP contribution in [0.1, 0.15) is 0 Å². The van der Waals surface area contributed by atoms with E-state index in [1.54, 1.807) is 0 Å². The van der Waals surface area contributed by atoms with Gasteiger partial charge in [0.15, 0.2) is 0 Å². The van der Waals surface area contributed by atoms with E-state index < -0.39 is 13.2 Å². The summed E-state index contributed by atoms with van der Waals surface area (Å²) in [6.45, 7) is 0. The van der Waals surface area contributed by atoms with Crippen LogP contribution in [-0.2, 0) is 3.74 Å². The van der Waals surface area contributed by atoms with Crippen molar-refractivity contribution < 1.29 is 11.9 Å². The molecule has 0 aromatic carbocycles. The number of rotatable bonds is 0. The van der Waals surface area contributed by atoms with Gasteiger partial charge in [-0.05, 0) is 0 Å². The predicted molar refractivity (Wildman–Crippen MR) is 16.7 cm³/mol. The molecule has 0 aliphatic carbocycles. The van der Waals surface area contributed by atoms with Crippen molar-refractivity contribution in [1.29, 1.82) is 0 Å². The normalized spacial score (nSPS) is 11.8.